The first-order valence-electron chi connectivity index (χ1n) is 8.09. The minimum atomic E-state index is -1.27. The number of benzene rings is 2. The number of imide groups is 1. The van der Waals surface area contributed by atoms with Gasteiger partial charge in [-0.3, -0.25) is 10.1 Å². The third-order valence-corrected chi connectivity index (χ3v) is 3.51. The first-order valence-corrected chi connectivity index (χ1v) is 8.09. The number of carbonyl (C=O) groups excluding carboxylic acids is 3. The van der Waals surface area contributed by atoms with Crippen molar-refractivity contribution < 1.29 is 24.2 Å². The minimum Gasteiger partial charge on any atom is -0.444 e. The van der Waals surface area contributed by atoms with Gasteiger partial charge in [0.25, 0.3) is 5.91 Å². The van der Waals surface area contributed by atoms with Gasteiger partial charge in [-0.1, -0.05) is 42.5 Å². The lowest BCUT2D eigenvalue weighted by molar-refractivity contribution is -0.129. The molecule has 7 heteroatoms. The molecule has 2 aromatic rings. The van der Waals surface area contributed by atoms with E-state index in [2.05, 4.69) is 10.6 Å². The van der Waals surface area contributed by atoms with Crippen molar-refractivity contribution >= 4 is 17.9 Å². The smallest absolute Gasteiger partial charge is 0.339 e. The fourth-order valence-electron chi connectivity index (χ4n) is 2.20. The molecule has 2 rings (SSSR count). The number of urea groups is 1. The molecule has 7 nitrogen and oxygen atoms in total. The van der Waals surface area contributed by atoms with Crippen LogP contribution in [0.1, 0.15) is 34.5 Å². The van der Waals surface area contributed by atoms with Crippen molar-refractivity contribution in [3.8, 4) is 0 Å². The van der Waals surface area contributed by atoms with Gasteiger partial charge in [0.05, 0.1) is 12.2 Å². The predicted octanol–water partition coefficient (Wildman–Crippen LogP) is 1.92. The average molecular weight is 356 g/mol. The van der Waals surface area contributed by atoms with Gasteiger partial charge in [0.1, 0.15) is 0 Å². The van der Waals surface area contributed by atoms with Crippen LogP contribution in [0.5, 0.6) is 0 Å². The molecule has 0 unspecified atom stereocenters. The van der Waals surface area contributed by atoms with Crippen molar-refractivity contribution in [2.24, 2.45) is 0 Å². The second kappa shape index (κ2) is 9.33. The SMILES string of the molecule is CCNC(=O)NC(=O)[C@H](OC(=O)c1ccc(CO)cc1)c1ccccc1. The average Bonchev–Trinajstić information content (AvgIpc) is 2.66. The summed E-state index contributed by atoms with van der Waals surface area (Å²) in [6.45, 7) is 1.93. The Balaban J connectivity index is 2.19. The zero-order chi connectivity index (χ0) is 18.9. The highest BCUT2D eigenvalue weighted by molar-refractivity contribution is 5.99. The summed E-state index contributed by atoms with van der Waals surface area (Å²) >= 11 is 0. The summed E-state index contributed by atoms with van der Waals surface area (Å²) in [7, 11) is 0. The lowest BCUT2D eigenvalue weighted by Gasteiger charge is -2.17. The summed E-state index contributed by atoms with van der Waals surface area (Å²) < 4.78 is 5.34. The van der Waals surface area contributed by atoms with Crippen LogP contribution in [0, 0.1) is 0 Å². The quantitative estimate of drug-likeness (QED) is 0.686. The predicted molar refractivity (Wildman–Crippen MR) is 94.2 cm³/mol. The Bertz CT molecular complexity index is 759. The maximum Gasteiger partial charge on any atom is 0.339 e. The van der Waals surface area contributed by atoms with Crippen LogP contribution in [0.2, 0.25) is 0 Å². The molecule has 2 aromatic carbocycles. The third kappa shape index (κ3) is 5.15. The van der Waals surface area contributed by atoms with Crippen LogP contribution in [0.3, 0.4) is 0 Å². The van der Waals surface area contributed by atoms with Gasteiger partial charge in [-0.2, -0.15) is 0 Å². The monoisotopic (exact) mass is 356 g/mol. The topological polar surface area (TPSA) is 105 Å². The van der Waals surface area contributed by atoms with Crippen LogP contribution < -0.4 is 10.6 Å². The maximum absolute atomic E-state index is 12.4. The number of hydrogen-bond donors (Lipinski definition) is 3. The molecule has 0 radical (unpaired) electrons. The van der Waals surface area contributed by atoms with Crippen molar-refractivity contribution in [1.29, 1.82) is 0 Å². The molecule has 3 amide bonds. The minimum absolute atomic E-state index is 0.142. The largest absolute Gasteiger partial charge is 0.444 e. The van der Waals surface area contributed by atoms with Crippen LogP contribution >= 0.6 is 0 Å². The zero-order valence-corrected chi connectivity index (χ0v) is 14.3. The van der Waals surface area contributed by atoms with Crippen molar-refractivity contribution in [2.75, 3.05) is 6.54 Å². The van der Waals surface area contributed by atoms with E-state index in [4.69, 9.17) is 9.84 Å². The molecule has 0 heterocycles. The number of esters is 1. The molecule has 0 saturated carbocycles. The van der Waals surface area contributed by atoms with Gasteiger partial charge in [0.2, 0.25) is 6.10 Å². The molecule has 0 fully saturated rings. The molecule has 0 aliphatic rings. The van der Waals surface area contributed by atoms with Gasteiger partial charge in [0.15, 0.2) is 0 Å². The number of rotatable bonds is 6. The zero-order valence-electron chi connectivity index (χ0n) is 14.3. The Labute approximate surface area is 151 Å². The van der Waals surface area contributed by atoms with E-state index in [1.807, 2.05) is 0 Å². The molecule has 0 bridgehead atoms. The van der Waals surface area contributed by atoms with Crippen LogP contribution in [-0.2, 0) is 16.1 Å². The number of ether oxygens (including phenoxy) is 1. The van der Waals surface area contributed by atoms with Gasteiger partial charge in [-0.25, -0.2) is 9.59 Å². The van der Waals surface area contributed by atoms with Crippen molar-refractivity contribution in [2.45, 2.75) is 19.6 Å². The summed E-state index contributed by atoms with van der Waals surface area (Å²) in [6, 6.07) is 13.9. The fraction of sp³-hybridized carbons (Fsp3) is 0.211. The molecule has 0 aliphatic carbocycles. The van der Waals surface area contributed by atoms with E-state index in [9.17, 15) is 14.4 Å². The highest BCUT2D eigenvalue weighted by atomic mass is 16.5. The van der Waals surface area contributed by atoms with Gasteiger partial charge in [-0.15, -0.1) is 0 Å². The summed E-state index contributed by atoms with van der Waals surface area (Å²) in [5.74, 6) is -1.46. The van der Waals surface area contributed by atoms with Gasteiger partial charge in [-0.05, 0) is 24.6 Å². The molecule has 1 atom stereocenters. The molecule has 0 spiro atoms. The van der Waals surface area contributed by atoms with Crippen LogP contribution in [0.15, 0.2) is 54.6 Å². The number of amides is 3. The van der Waals surface area contributed by atoms with Gasteiger partial charge in [0, 0.05) is 12.1 Å². The number of aliphatic hydroxyl groups is 1. The normalized spacial score (nSPS) is 11.3. The number of aliphatic hydroxyl groups excluding tert-OH is 1. The highest BCUT2D eigenvalue weighted by Gasteiger charge is 2.27. The van der Waals surface area contributed by atoms with Gasteiger partial charge < -0.3 is 15.2 Å². The van der Waals surface area contributed by atoms with Gasteiger partial charge >= 0.3 is 12.0 Å². The number of nitrogens with one attached hydrogen (secondary N) is 2. The molecule has 3 N–H and O–H groups in total. The Morgan fingerprint density at radius 1 is 1.04 bits per heavy atom. The Hall–Kier alpha value is -3.19. The van der Waals surface area contributed by atoms with E-state index >= 15 is 0 Å². The second-order valence-corrected chi connectivity index (χ2v) is 5.40. The summed E-state index contributed by atoms with van der Waals surface area (Å²) in [5.41, 5.74) is 1.32. The molecule has 0 aromatic heterocycles. The molecule has 26 heavy (non-hydrogen) atoms. The lowest BCUT2D eigenvalue weighted by atomic mass is 10.1. The fourth-order valence-corrected chi connectivity index (χ4v) is 2.20. The standard InChI is InChI=1S/C19H20N2O5/c1-2-20-19(25)21-17(23)16(14-6-4-3-5-7-14)26-18(24)15-10-8-13(12-22)9-11-15/h3-11,16,22H,2,12H2,1H3,(H2,20,21,23,25)/t16-/m1/s1. The van der Waals surface area contributed by atoms with E-state index in [0.717, 1.165) is 0 Å². The van der Waals surface area contributed by atoms with E-state index < -0.39 is 24.0 Å². The van der Waals surface area contributed by atoms with E-state index in [0.29, 0.717) is 17.7 Å². The number of hydrogen-bond acceptors (Lipinski definition) is 5. The molecular formula is C19H20N2O5. The summed E-state index contributed by atoms with van der Waals surface area (Å²) in [4.78, 5) is 36.4. The lowest BCUT2D eigenvalue weighted by Crippen LogP contribution is -2.42. The van der Waals surface area contributed by atoms with Crippen molar-refractivity contribution in [3.05, 3.63) is 71.3 Å². The Morgan fingerprint density at radius 3 is 2.27 bits per heavy atom. The van der Waals surface area contributed by atoms with E-state index in [-0.39, 0.29) is 12.2 Å². The molecule has 0 saturated heterocycles. The van der Waals surface area contributed by atoms with E-state index in [1.165, 1.54) is 12.1 Å². The Kier molecular flexibility index (Phi) is 6.87. The summed E-state index contributed by atoms with van der Waals surface area (Å²) in [5, 5.41) is 13.7. The first kappa shape index (κ1) is 19.1. The van der Waals surface area contributed by atoms with Crippen LogP contribution in [0.4, 0.5) is 4.79 Å². The third-order valence-electron chi connectivity index (χ3n) is 3.51. The molecule has 0 aliphatic heterocycles. The summed E-state index contributed by atoms with van der Waals surface area (Å²) in [6.07, 6.45) is -1.27. The maximum atomic E-state index is 12.4. The molecular weight excluding hydrogens is 336 g/mol. The highest BCUT2D eigenvalue weighted by Crippen LogP contribution is 2.20. The molecule has 136 valence electrons. The van der Waals surface area contributed by atoms with Crippen molar-refractivity contribution in [3.63, 3.8) is 0 Å². The van der Waals surface area contributed by atoms with Crippen LogP contribution in [0.25, 0.3) is 0 Å². The number of carbonyl (C=O) groups is 3. The first-order chi connectivity index (χ1) is 12.5. The van der Waals surface area contributed by atoms with E-state index in [1.54, 1.807) is 49.4 Å². The van der Waals surface area contributed by atoms with Crippen LogP contribution in [-0.4, -0.2) is 29.6 Å². The Morgan fingerprint density at radius 2 is 1.69 bits per heavy atom. The second-order valence-electron chi connectivity index (χ2n) is 5.40. The van der Waals surface area contributed by atoms with Crippen molar-refractivity contribution in [1.82, 2.24) is 10.6 Å².